The molecule has 492 valence electrons. The van der Waals surface area contributed by atoms with Crippen molar-refractivity contribution < 1.29 is 87.7 Å². The lowest BCUT2D eigenvalue weighted by Gasteiger charge is -2.34. The normalized spacial score (nSPS) is 26.1. The number of hydrogen-bond donors (Lipinski definition) is 12. The number of nitrogens with zero attached hydrogens (tertiary/aromatic N) is 2. The van der Waals surface area contributed by atoms with Gasteiger partial charge in [-0.1, -0.05) is 136 Å². The van der Waals surface area contributed by atoms with Crippen LogP contribution in [0, 0.1) is 5.92 Å². The van der Waals surface area contributed by atoms with Crippen LogP contribution in [-0.2, 0) is 49.2 Å². The van der Waals surface area contributed by atoms with Gasteiger partial charge in [-0.05, 0) is 77.5 Å². The highest BCUT2D eigenvalue weighted by Gasteiger charge is 2.50. The largest absolute Gasteiger partial charge is 0.750 e. The van der Waals surface area contributed by atoms with Crippen LogP contribution < -0.4 is 31.1 Å². The summed E-state index contributed by atoms with van der Waals surface area (Å²) in [5, 5.41) is 93.6. The van der Waals surface area contributed by atoms with Gasteiger partial charge in [-0.3, -0.25) is 33.6 Å². The molecule has 25 nitrogen and oxygen atoms in total. The van der Waals surface area contributed by atoms with Gasteiger partial charge in [0.05, 0.1) is 24.4 Å². The lowest BCUT2D eigenvalue weighted by molar-refractivity contribution is -0.149. The number of ether oxygens (including phenoxy) is 1. The van der Waals surface area contributed by atoms with E-state index >= 15 is 0 Å². The number of rotatable bonds is 18. The van der Waals surface area contributed by atoms with Gasteiger partial charge in [-0.2, -0.15) is 0 Å². The summed E-state index contributed by atoms with van der Waals surface area (Å²) in [5.41, 5.74) is 4.25. The van der Waals surface area contributed by atoms with Gasteiger partial charge < -0.3 is 76.9 Å². The van der Waals surface area contributed by atoms with Crippen LogP contribution in [0.3, 0.4) is 0 Å². The molecule has 92 heavy (non-hydrogen) atoms. The minimum atomic E-state index is -2.71. The quantitative estimate of drug-likeness (QED) is 0.0443. The summed E-state index contributed by atoms with van der Waals surface area (Å²) in [6.45, 7) is 8.86. The van der Waals surface area contributed by atoms with E-state index < -0.39 is 168 Å². The molecule has 0 bridgehead atoms. The Morgan fingerprint density at radius 1 is 0.641 bits per heavy atom. The molecule has 3 aliphatic rings. The number of nitrogens with one attached hydrogen (secondary N) is 5. The van der Waals surface area contributed by atoms with Crippen molar-refractivity contribution in [3.63, 3.8) is 0 Å². The van der Waals surface area contributed by atoms with Gasteiger partial charge in [0, 0.05) is 56.7 Å². The fourth-order valence-electron chi connectivity index (χ4n) is 11.1. The molecule has 3 saturated heterocycles. The van der Waals surface area contributed by atoms with Crippen molar-refractivity contribution in [3.8, 4) is 28.0 Å². The number of carbonyl (C=O) groups is 7. The Morgan fingerprint density at radius 3 is 1.75 bits per heavy atom. The molecule has 0 aliphatic carbocycles. The van der Waals surface area contributed by atoms with E-state index in [4.69, 9.17) is 13.8 Å². The van der Waals surface area contributed by atoms with Crippen LogP contribution in [0.2, 0.25) is 25.7 Å². The minimum absolute atomic E-state index is 0.00145. The number of fused-ring (bicyclic) bond motifs is 2. The number of benzene rings is 5. The lowest BCUT2D eigenvalue weighted by atomic mass is 9.96. The van der Waals surface area contributed by atoms with Crippen molar-refractivity contribution in [1.82, 2.24) is 36.4 Å². The van der Waals surface area contributed by atoms with Crippen LogP contribution in [0.1, 0.15) is 61.2 Å². The van der Waals surface area contributed by atoms with E-state index in [1.165, 1.54) is 43.3 Å². The average Bonchev–Trinajstić information content (AvgIpc) is 1.61. The first-order chi connectivity index (χ1) is 43.7. The molecule has 3 heterocycles. The van der Waals surface area contributed by atoms with Crippen LogP contribution >= 0.6 is 8.25 Å². The highest BCUT2D eigenvalue weighted by Crippen LogP contribution is 2.33. The van der Waals surface area contributed by atoms with Crippen molar-refractivity contribution in [2.24, 2.45) is 5.92 Å². The summed E-state index contributed by atoms with van der Waals surface area (Å²) in [5.74, 6) is -8.87. The van der Waals surface area contributed by atoms with Crippen molar-refractivity contribution in [3.05, 3.63) is 150 Å². The summed E-state index contributed by atoms with van der Waals surface area (Å²) < 4.78 is 29.6. The maximum atomic E-state index is 14.8. The Balaban J connectivity index is 1.13. The molecule has 0 spiro atoms. The molecule has 5 aromatic carbocycles. The Morgan fingerprint density at radius 2 is 1.17 bits per heavy atom. The summed E-state index contributed by atoms with van der Waals surface area (Å²) in [6, 6.07) is 26.7. The van der Waals surface area contributed by atoms with E-state index in [0.717, 1.165) is 51.5 Å². The predicted molar refractivity (Wildman–Crippen MR) is 338 cm³/mol. The lowest BCUT2D eigenvalue weighted by Crippen LogP contribution is -2.64. The Bertz CT molecular complexity index is 3390. The second-order valence-electron chi connectivity index (χ2n) is 24.8. The van der Waals surface area contributed by atoms with Gasteiger partial charge in [0.15, 0.2) is 12.0 Å². The molecule has 27 heteroatoms. The van der Waals surface area contributed by atoms with Crippen LogP contribution in [-0.4, -0.2) is 194 Å². The van der Waals surface area contributed by atoms with Gasteiger partial charge >= 0.3 is 8.25 Å². The summed E-state index contributed by atoms with van der Waals surface area (Å²) in [6.07, 6.45) is -16.0. The first kappa shape index (κ1) is 70.0. The molecule has 5 aromatic rings. The highest BCUT2D eigenvalue weighted by atomic mass is 31.1. The zero-order valence-electron chi connectivity index (χ0n) is 51.8. The zero-order chi connectivity index (χ0) is 66.7. The average molecular weight is 1310 g/mol. The zero-order valence-corrected chi connectivity index (χ0v) is 53.7. The number of aliphatic hydroxyl groups is 7. The van der Waals surface area contributed by atoms with Crippen LogP contribution in [0.25, 0.3) is 22.3 Å². The predicted octanol–water partition coefficient (Wildman–Crippen LogP) is 2.41. The van der Waals surface area contributed by atoms with Crippen molar-refractivity contribution >= 4 is 57.7 Å². The first-order valence-corrected chi connectivity index (χ1v) is 35.2. The van der Waals surface area contributed by atoms with Crippen molar-refractivity contribution in [2.45, 2.75) is 151 Å². The molecule has 0 radical (unpaired) electrons. The Labute approximate surface area is 534 Å². The van der Waals surface area contributed by atoms with Gasteiger partial charge in [-0.15, -0.1) is 4.52 Å². The van der Waals surface area contributed by atoms with E-state index in [1.54, 1.807) is 42.5 Å². The third kappa shape index (κ3) is 17.8. The molecule has 3 fully saturated rings. The maximum absolute atomic E-state index is 14.8. The number of aliphatic hydroxyl groups excluding tert-OH is 7. The van der Waals surface area contributed by atoms with Gasteiger partial charge in [0.2, 0.25) is 35.4 Å². The number of carbonyl (C=O) groups excluding carboxylic acids is 7. The third-order valence-electron chi connectivity index (χ3n) is 16.4. The molecule has 0 aromatic heterocycles. The summed E-state index contributed by atoms with van der Waals surface area (Å²) in [7, 11) is -4.62. The van der Waals surface area contributed by atoms with E-state index in [0.29, 0.717) is 6.04 Å². The molecule has 12 N–H and O–H groups in total. The minimum Gasteiger partial charge on any atom is -0.391 e. The molecule has 3 aliphatic heterocycles. The van der Waals surface area contributed by atoms with Gasteiger partial charge in [-0.25, -0.2) is 4.52 Å². The monoisotopic (exact) mass is 1310 g/mol. The fourth-order valence-corrected chi connectivity index (χ4v) is 12.4. The molecule has 2 unspecified atom stereocenters. The van der Waals surface area contributed by atoms with E-state index in [9.17, 15) is 73.9 Å². The first-order valence-electron chi connectivity index (χ1n) is 30.4. The van der Waals surface area contributed by atoms with Gasteiger partial charge in [0.25, 0.3) is 5.91 Å². The highest BCUT2D eigenvalue weighted by molar-refractivity contribution is 7.33. The van der Waals surface area contributed by atoms with Crippen LogP contribution in [0.4, 0.5) is 0 Å². The second kappa shape index (κ2) is 31.2. The fraction of sp³-hybridized carbons (Fsp3) is 0.431. The van der Waals surface area contributed by atoms with Crippen LogP contribution in [0.15, 0.2) is 133 Å². The molecule has 0 saturated carbocycles. The second-order valence-corrected chi connectivity index (χ2v) is 31.3. The molecular formula is C65H81N7O18PSi+. The Kier molecular flexibility index (Phi) is 23.7. The smallest absolute Gasteiger partial charge is 0.391 e. The van der Waals surface area contributed by atoms with Crippen molar-refractivity contribution in [1.29, 1.82) is 0 Å². The third-order valence-corrected chi connectivity index (χ3v) is 18.8. The van der Waals surface area contributed by atoms with Crippen molar-refractivity contribution in [2.75, 3.05) is 19.7 Å². The number of amides is 7. The van der Waals surface area contributed by atoms with Gasteiger partial charge in [0.1, 0.15) is 61.2 Å². The standard InChI is InChI=1S/C65H80N7O18PSi/c1-36-33-72-54(55(36)77)62(84)70-63(88-29-30-92(4,5)6)50(76)32-48(66-58(80)45-23-21-43(22-24-45)42-19-17-41(18-20-42)40-15-11-8-12-16-40)59(81)67-51(37(2)73)64(85)71-34-46(75)31-49(71)60(82)69-53(61(83)68-52(38(3)74)65(72)86)57(79)56(78)44-25-27-47(28-26-44)90-91(87)89-35-39-13-9-7-10-14-39/h7-28,36-38,46,48-57,63,73-79H,29-35H2,1-6H3,(H4-,66,67,68,69,70,80,81,82,83,84)/p+1/t36-,37+,38+,46+,48?,49-,50+,51-,52-,53-,54-,55-,56-,57-,63+/m0/s1. The molecule has 7 amide bonds. The van der Waals surface area contributed by atoms with E-state index in [2.05, 4.69) is 26.6 Å². The summed E-state index contributed by atoms with van der Waals surface area (Å²) in [4.78, 5) is 105. The molecule has 8 rings (SSSR count). The SMILES string of the molecule is C[C@@H](O)[C@@H]1NC(=O)[C@H]([C@H](O)[C@@H](O)c2ccc(O[P+](=O)OCc3ccccc3)cc2)NC(=O)[C@@H]2C[C@@H](O)CN2C(=O)[C@H]([C@@H](C)O)NC(=O)C(NC(=O)c2ccc(-c3ccc(-c4ccccc4)cc3)cc2)C[C@@H](O)[C@@H](OCC[Si](C)(C)C)NC(=O)[C@@H]2[C@@H](O)[C@@H](C)CN2C1=O. The van der Waals surface area contributed by atoms with Crippen LogP contribution in [0.5, 0.6) is 5.75 Å². The Hall–Kier alpha value is -7.85. The number of hydrogen-bond acceptors (Lipinski definition) is 18. The van der Waals surface area contributed by atoms with E-state index in [1.807, 2.05) is 74.2 Å². The topological polar surface area (TPSA) is 372 Å². The summed E-state index contributed by atoms with van der Waals surface area (Å²) >= 11 is 0. The van der Waals surface area contributed by atoms with E-state index in [-0.39, 0.29) is 36.6 Å². The maximum Gasteiger partial charge on any atom is 0.750 e. The molecule has 16 atom stereocenters. The molecular weight excluding hydrogens is 1230 g/mol.